The molecule has 2 N–H and O–H groups in total. The zero-order valence-electron chi connectivity index (χ0n) is 18.1. The highest BCUT2D eigenvalue weighted by Crippen LogP contribution is 2.33. The number of hydrogen-bond acceptors (Lipinski definition) is 6. The fourth-order valence-electron chi connectivity index (χ4n) is 3.44. The van der Waals surface area contributed by atoms with Crippen LogP contribution < -0.4 is 10.6 Å². The number of rotatable bonds is 6. The van der Waals surface area contributed by atoms with Crippen LogP contribution in [0.1, 0.15) is 20.7 Å². The number of anilines is 2. The number of nitrogens with zero attached hydrogens (tertiary/aromatic N) is 1. The molecule has 0 atom stereocenters. The topological polar surface area (TPSA) is 95.6 Å². The van der Waals surface area contributed by atoms with Crippen LogP contribution in [0.25, 0.3) is 0 Å². The van der Waals surface area contributed by atoms with Gasteiger partial charge in [0, 0.05) is 31.3 Å². The predicted molar refractivity (Wildman–Crippen MR) is 123 cm³/mol. The minimum absolute atomic E-state index is 0.0155. The normalized spacial score (nSPS) is 12.7. The molecule has 0 aliphatic carbocycles. The number of nitrogens with one attached hydrogen (secondary N) is 2. The first-order chi connectivity index (χ1) is 16.1. The Labute approximate surface area is 194 Å². The summed E-state index contributed by atoms with van der Waals surface area (Å²) >= 11 is 0. The van der Waals surface area contributed by atoms with E-state index in [1.807, 2.05) is 0 Å². The van der Waals surface area contributed by atoms with Gasteiger partial charge in [0.25, 0.3) is 0 Å². The molecule has 34 heavy (non-hydrogen) atoms. The summed E-state index contributed by atoms with van der Waals surface area (Å²) in [6.45, 7) is 0. The lowest BCUT2D eigenvalue weighted by Crippen LogP contribution is -2.23. The van der Waals surface area contributed by atoms with E-state index in [2.05, 4.69) is 10.6 Å². The van der Waals surface area contributed by atoms with E-state index >= 15 is 0 Å². The standard InChI is InChI=1S/C24H19F2N3O4S/c1-29(2)34(32,33)18-7-5-6-14(12-18)22(30)21(23(31)15-10-16(25)13-17(26)11-15)24-27-19-8-3-4-9-20(19)28-24/h3-13,27-28H,1-2H3. The van der Waals surface area contributed by atoms with Crippen molar-refractivity contribution in [3.8, 4) is 0 Å². The third-order valence-electron chi connectivity index (χ3n) is 5.15. The Morgan fingerprint density at radius 2 is 1.32 bits per heavy atom. The van der Waals surface area contributed by atoms with E-state index in [1.165, 1.54) is 32.3 Å². The van der Waals surface area contributed by atoms with E-state index in [4.69, 9.17) is 0 Å². The second-order valence-corrected chi connectivity index (χ2v) is 9.83. The first-order valence-electron chi connectivity index (χ1n) is 10.0. The van der Waals surface area contributed by atoms with Crippen LogP contribution >= 0.6 is 0 Å². The Bertz CT molecular complexity index is 1420. The Morgan fingerprint density at radius 3 is 1.88 bits per heavy atom. The number of carbonyl (C=O) groups excluding carboxylic acids is 2. The lowest BCUT2D eigenvalue weighted by atomic mass is 9.95. The highest BCUT2D eigenvalue weighted by Gasteiger charge is 2.30. The molecule has 0 saturated heterocycles. The lowest BCUT2D eigenvalue weighted by molar-refractivity contribution is 0.0960. The second-order valence-electron chi connectivity index (χ2n) is 7.68. The number of ketones is 2. The molecule has 0 amide bonds. The summed E-state index contributed by atoms with van der Waals surface area (Å²) in [6.07, 6.45) is 0. The van der Waals surface area contributed by atoms with Gasteiger partial charge in [-0.2, -0.15) is 0 Å². The van der Waals surface area contributed by atoms with Gasteiger partial charge in [-0.15, -0.1) is 0 Å². The van der Waals surface area contributed by atoms with Crippen LogP contribution in [-0.2, 0) is 10.0 Å². The SMILES string of the molecule is CN(C)S(=O)(=O)c1cccc(C(=O)C(C(=O)c2cc(F)cc(F)c2)=C2Nc3ccccc3N2)c1. The minimum Gasteiger partial charge on any atom is -0.339 e. The van der Waals surface area contributed by atoms with Crippen molar-refractivity contribution in [2.45, 2.75) is 4.90 Å². The number of Topliss-reactive ketones (excluding diaryl/α,β-unsaturated/α-hetero) is 2. The summed E-state index contributed by atoms with van der Waals surface area (Å²) in [5.41, 5.74) is 0.288. The molecular formula is C24H19F2N3O4S. The van der Waals surface area contributed by atoms with Crippen molar-refractivity contribution < 1.29 is 26.8 Å². The van der Waals surface area contributed by atoms with Gasteiger partial charge in [-0.05, 0) is 36.4 Å². The molecule has 1 aliphatic heterocycles. The van der Waals surface area contributed by atoms with Crippen LogP contribution in [0, 0.1) is 11.6 Å². The Balaban J connectivity index is 1.85. The maximum atomic E-state index is 13.8. The lowest BCUT2D eigenvalue weighted by Gasteiger charge is -2.14. The molecule has 0 unspecified atom stereocenters. The van der Waals surface area contributed by atoms with Crippen LogP contribution in [-0.4, -0.2) is 38.4 Å². The molecule has 3 aromatic carbocycles. The third kappa shape index (κ3) is 4.33. The summed E-state index contributed by atoms with van der Waals surface area (Å²) < 4.78 is 53.7. The molecule has 0 fully saturated rings. The predicted octanol–water partition coefficient (Wildman–Crippen LogP) is 4.03. The van der Waals surface area contributed by atoms with Crippen LogP contribution in [0.3, 0.4) is 0 Å². The van der Waals surface area contributed by atoms with Crippen molar-refractivity contribution in [1.29, 1.82) is 0 Å². The maximum Gasteiger partial charge on any atom is 0.242 e. The molecule has 0 saturated carbocycles. The monoisotopic (exact) mass is 483 g/mol. The Morgan fingerprint density at radius 1 is 0.765 bits per heavy atom. The molecule has 0 spiro atoms. The van der Waals surface area contributed by atoms with Crippen LogP contribution in [0.5, 0.6) is 0 Å². The van der Waals surface area contributed by atoms with Crippen molar-refractivity contribution in [2.24, 2.45) is 0 Å². The molecule has 1 aliphatic rings. The molecule has 7 nitrogen and oxygen atoms in total. The van der Waals surface area contributed by atoms with Gasteiger partial charge in [0.1, 0.15) is 23.0 Å². The maximum absolute atomic E-state index is 13.8. The van der Waals surface area contributed by atoms with Gasteiger partial charge in [-0.25, -0.2) is 21.5 Å². The Hall–Kier alpha value is -3.89. The zero-order chi connectivity index (χ0) is 24.6. The zero-order valence-corrected chi connectivity index (χ0v) is 18.9. The number of sulfonamides is 1. The summed E-state index contributed by atoms with van der Waals surface area (Å²) in [6, 6.07) is 14.4. The molecule has 1 heterocycles. The second kappa shape index (κ2) is 8.81. The summed E-state index contributed by atoms with van der Waals surface area (Å²) in [5, 5.41) is 5.88. The number of carbonyl (C=O) groups is 2. The van der Waals surface area contributed by atoms with E-state index in [-0.39, 0.29) is 21.8 Å². The number of fused-ring (bicyclic) bond motifs is 1. The number of halogens is 2. The van der Waals surface area contributed by atoms with Crippen molar-refractivity contribution in [2.75, 3.05) is 24.7 Å². The quantitative estimate of drug-likeness (QED) is 0.238. The fraction of sp³-hybridized carbons (Fsp3) is 0.0833. The highest BCUT2D eigenvalue weighted by molar-refractivity contribution is 7.89. The van der Waals surface area contributed by atoms with E-state index in [1.54, 1.807) is 24.3 Å². The van der Waals surface area contributed by atoms with Crippen molar-refractivity contribution in [3.05, 3.63) is 101 Å². The number of benzene rings is 3. The molecular weight excluding hydrogens is 464 g/mol. The van der Waals surface area contributed by atoms with E-state index < -0.39 is 38.8 Å². The third-order valence-corrected chi connectivity index (χ3v) is 6.96. The average molecular weight is 483 g/mol. The van der Waals surface area contributed by atoms with Gasteiger partial charge in [-0.3, -0.25) is 9.59 Å². The van der Waals surface area contributed by atoms with Crippen molar-refractivity contribution >= 4 is 33.0 Å². The van der Waals surface area contributed by atoms with E-state index in [0.29, 0.717) is 17.4 Å². The summed E-state index contributed by atoms with van der Waals surface area (Å²) in [5.74, 6) is -3.70. The van der Waals surface area contributed by atoms with Gasteiger partial charge in [0.15, 0.2) is 0 Å². The molecule has 174 valence electrons. The molecule has 0 aromatic heterocycles. The molecule has 3 aromatic rings. The molecule has 10 heteroatoms. The molecule has 0 bridgehead atoms. The molecule has 0 radical (unpaired) electrons. The van der Waals surface area contributed by atoms with Gasteiger partial charge in [0.2, 0.25) is 21.6 Å². The smallest absolute Gasteiger partial charge is 0.242 e. The van der Waals surface area contributed by atoms with Gasteiger partial charge in [0.05, 0.1) is 16.3 Å². The number of para-hydroxylation sites is 2. The largest absolute Gasteiger partial charge is 0.339 e. The Kier molecular flexibility index (Phi) is 6.03. The van der Waals surface area contributed by atoms with E-state index in [0.717, 1.165) is 22.5 Å². The van der Waals surface area contributed by atoms with E-state index in [9.17, 15) is 26.8 Å². The number of hydrogen-bond donors (Lipinski definition) is 2. The van der Waals surface area contributed by atoms with Crippen molar-refractivity contribution in [1.82, 2.24) is 4.31 Å². The van der Waals surface area contributed by atoms with Gasteiger partial charge >= 0.3 is 0 Å². The van der Waals surface area contributed by atoms with Crippen molar-refractivity contribution in [3.63, 3.8) is 0 Å². The summed E-state index contributed by atoms with van der Waals surface area (Å²) in [7, 11) is -1.16. The van der Waals surface area contributed by atoms with Gasteiger partial charge in [-0.1, -0.05) is 24.3 Å². The molecule has 4 rings (SSSR count). The minimum atomic E-state index is -3.86. The fourth-order valence-corrected chi connectivity index (χ4v) is 4.39. The summed E-state index contributed by atoms with van der Waals surface area (Å²) in [4.78, 5) is 26.8. The first kappa shape index (κ1) is 23.3. The van der Waals surface area contributed by atoms with Crippen LogP contribution in [0.4, 0.5) is 20.2 Å². The highest BCUT2D eigenvalue weighted by atomic mass is 32.2. The average Bonchev–Trinajstić information content (AvgIpc) is 3.22. The number of allylic oxidation sites excluding steroid dienone is 1. The van der Waals surface area contributed by atoms with Crippen LogP contribution in [0.15, 0.2) is 83.0 Å². The van der Waals surface area contributed by atoms with Gasteiger partial charge < -0.3 is 10.6 Å². The van der Waals surface area contributed by atoms with Crippen LogP contribution in [0.2, 0.25) is 0 Å². The first-order valence-corrected chi connectivity index (χ1v) is 11.5.